The molecule has 0 aromatic rings. The van der Waals surface area contributed by atoms with Crippen LogP contribution in [0.15, 0.2) is 0 Å². The molecule has 0 saturated heterocycles. The molecule has 16 heteroatoms. The van der Waals surface area contributed by atoms with Gasteiger partial charge in [0.25, 0.3) is 0 Å². The molecular formula is C48H108N4O12. The Balaban J connectivity index is -0.000000375. The van der Waals surface area contributed by atoms with Crippen LogP contribution < -0.4 is 0 Å². The van der Waals surface area contributed by atoms with Gasteiger partial charge < -0.3 is 61.3 Å². The highest BCUT2D eigenvalue weighted by Gasteiger charge is 2.37. The van der Waals surface area contributed by atoms with E-state index in [0.717, 1.165) is 0 Å². The van der Waals surface area contributed by atoms with Crippen LogP contribution in [0.4, 0.5) is 0 Å². The van der Waals surface area contributed by atoms with Crippen molar-refractivity contribution in [2.75, 3.05) is 78.8 Å². The van der Waals surface area contributed by atoms with Gasteiger partial charge in [-0.1, -0.05) is 0 Å². The second-order valence-corrected chi connectivity index (χ2v) is 25.8. The maximum Gasteiger partial charge on any atom is 0.0718 e. The molecule has 0 aromatic heterocycles. The number of aliphatic hydroxyl groups is 12. The van der Waals surface area contributed by atoms with E-state index in [1.165, 1.54) is 0 Å². The van der Waals surface area contributed by atoms with E-state index in [1.807, 2.05) is 75.0 Å². The van der Waals surface area contributed by atoms with E-state index < -0.39 is 67.0 Å². The van der Waals surface area contributed by atoms with Crippen LogP contribution in [-0.4, -0.2) is 227 Å². The van der Waals surface area contributed by atoms with Gasteiger partial charge in [0.2, 0.25) is 0 Å². The average molecular weight is 933 g/mol. The molecule has 0 fully saturated rings. The summed E-state index contributed by atoms with van der Waals surface area (Å²) in [5.74, 6) is 0. The maximum absolute atomic E-state index is 9.84. The monoisotopic (exact) mass is 933 g/mol. The molecule has 0 bridgehead atoms. The van der Waals surface area contributed by atoms with Crippen LogP contribution in [0.1, 0.15) is 166 Å². The average Bonchev–Trinajstić information content (AvgIpc) is 2.99. The molecule has 64 heavy (non-hydrogen) atoms. The lowest BCUT2D eigenvalue weighted by Crippen LogP contribution is -2.56. The fourth-order valence-electron chi connectivity index (χ4n) is 6.07. The van der Waals surface area contributed by atoms with Gasteiger partial charge in [-0.15, -0.1) is 0 Å². The summed E-state index contributed by atoms with van der Waals surface area (Å²) in [7, 11) is 0. The molecule has 0 aliphatic carbocycles. The van der Waals surface area contributed by atoms with E-state index in [1.54, 1.807) is 111 Å². The third kappa shape index (κ3) is 39.4. The second kappa shape index (κ2) is 25.8. The number of hydrogen-bond donors (Lipinski definition) is 12. The number of hydrogen-bond acceptors (Lipinski definition) is 16. The molecule has 16 nitrogen and oxygen atoms in total. The quantitative estimate of drug-likeness (QED) is 0.0664. The van der Waals surface area contributed by atoms with Crippen molar-refractivity contribution in [1.29, 1.82) is 0 Å². The molecule has 0 spiro atoms. The highest BCUT2D eigenvalue weighted by molar-refractivity contribution is 4.92. The van der Waals surface area contributed by atoms with Gasteiger partial charge in [0.15, 0.2) is 0 Å². The van der Waals surface area contributed by atoms with E-state index in [-0.39, 0.29) is 26.4 Å². The smallest absolute Gasteiger partial charge is 0.0718 e. The molecule has 0 saturated carbocycles. The summed E-state index contributed by atoms with van der Waals surface area (Å²) < 4.78 is 0. The molecule has 0 rings (SSSR count). The highest BCUT2D eigenvalue weighted by Crippen LogP contribution is 2.24. The SMILES string of the molecule is CC(C)(O)CN(CC(C)(C)O)C(C)(C)CO.CC(C)(O)CN(CC(C)(C)O)C(C)(C)CO.CC(C)(O)CN(CC(C)(C)O)C(C)(C)CO.CC(C)(O)CN(CC(C)(C)O)C(C)(C)CO. The predicted molar refractivity (Wildman–Crippen MR) is 261 cm³/mol. The van der Waals surface area contributed by atoms with E-state index in [9.17, 15) is 61.3 Å². The van der Waals surface area contributed by atoms with Crippen LogP contribution in [0.25, 0.3) is 0 Å². The number of aliphatic hydroxyl groups excluding tert-OH is 4. The minimum Gasteiger partial charge on any atom is -0.394 e. The van der Waals surface area contributed by atoms with Gasteiger partial charge in [-0.3, -0.25) is 19.6 Å². The Kier molecular flexibility index (Phi) is 28.2. The van der Waals surface area contributed by atoms with Gasteiger partial charge in [0, 0.05) is 74.5 Å². The fraction of sp³-hybridized carbons (Fsp3) is 1.00. The molecular weight excluding hydrogens is 825 g/mol. The summed E-state index contributed by atoms with van der Waals surface area (Å²) in [5.41, 5.74) is -8.63. The first-order valence-corrected chi connectivity index (χ1v) is 22.7. The molecule has 0 radical (unpaired) electrons. The largest absolute Gasteiger partial charge is 0.394 e. The molecule has 0 unspecified atom stereocenters. The summed E-state index contributed by atoms with van der Waals surface area (Å²) in [5, 5.41) is 116. The molecule has 0 aliphatic heterocycles. The molecule has 12 N–H and O–H groups in total. The summed E-state index contributed by atoms with van der Waals surface area (Å²) in [6.45, 7) is 45.9. The predicted octanol–water partition coefficient (Wildman–Crippen LogP) is 2.40. The minimum atomic E-state index is -0.850. The van der Waals surface area contributed by atoms with Crippen molar-refractivity contribution >= 4 is 0 Å². The lowest BCUT2D eigenvalue weighted by atomic mass is 9.97. The Morgan fingerprint density at radius 2 is 0.281 bits per heavy atom. The number of nitrogens with zero attached hydrogens (tertiary/aromatic N) is 4. The fourth-order valence-corrected chi connectivity index (χ4v) is 6.07. The van der Waals surface area contributed by atoms with E-state index in [2.05, 4.69) is 0 Å². The highest BCUT2D eigenvalue weighted by atomic mass is 16.3. The van der Waals surface area contributed by atoms with Crippen molar-refractivity contribution in [2.24, 2.45) is 0 Å². The second-order valence-electron chi connectivity index (χ2n) is 25.8. The first-order valence-electron chi connectivity index (χ1n) is 22.7. The van der Waals surface area contributed by atoms with Gasteiger partial charge in [-0.25, -0.2) is 0 Å². The van der Waals surface area contributed by atoms with Crippen LogP contribution in [0.2, 0.25) is 0 Å². The summed E-state index contributed by atoms with van der Waals surface area (Å²) in [6, 6.07) is 0. The normalized spacial score (nSPS) is 14.6. The number of β-amino-alcohol motifs (C(OH)–C–C–N with tert-alkyl or cyclic N) is 8. The third-order valence-corrected chi connectivity index (χ3v) is 9.59. The molecule has 392 valence electrons. The van der Waals surface area contributed by atoms with Crippen molar-refractivity contribution in [2.45, 2.75) is 233 Å². The van der Waals surface area contributed by atoms with Gasteiger partial charge >= 0.3 is 0 Å². The van der Waals surface area contributed by atoms with E-state index in [0.29, 0.717) is 52.4 Å². The Morgan fingerprint density at radius 1 is 0.203 bits per heavy atom. The molecule has 0 amide bonds. The molecule has 0 aromatic carbocycles. The van der Waals surface area contributed by atoms with Crippen molar-refractivity contribution in [3.8, 4) is 0 Å². The Hall–Kier alpha value is -0.640. The Morgan fingerprint density at radius 3 is 0.328 bits per heavy atom. The van der Waals surface area contributed by atoms with Gasteiger partial charge in [-0.2, -0.15) is 0 Å². The van der Waals surface area contributed by atoms with Crippen molar-refractivity contribution in [3.05, 3.63) is 0 Å². The van der Waals surface area contributed by atoms with E-state index >= 15 is 0 Å². The zero-order chi connectivity index (χ0) is 52.8. The molecule has 0 atom stereocenters. The summed E-state index contributed by atoms with van der Waals surface area (Å²) in [4.78, 5) is 7.64. The van der Waals surface area contributed by atoms with Crippen molar-refractivity contribution in [1.82, 2.24) is 19.6 Å². The Labute approximate surface area is 391 Å². The van der Waals surface area contributed by atoms with Gasteiger partial charge in [0.05, 0.1) is 71.2 Å². The third-order valence-electron chi connectivity index (χ3n) is 9.59. The van der Waals surface area contributed by atoms with Crippen molar-refractivity contribution < 1.29 is 61.3 Å². The number of rotatable bonds is 24. The van der Waals surface area contributed by atoms with E-state index in [4.69, 9.17) is 0 Å². The zero-order valence-electron chi connectivity index (χ0n) is 45.6. The summed E-state index contributed by atoms with van der Waals surface area (Å²) in [6.07, 6.45) is 0. The van der Waals surface area contributed by atoms with Crippen LogP contribution in [0, 0.1) is 0 Å². The topological polar surface area (TPSA) is 256 Å². The van der Waals surface area contributed by atoms with Crippen LogP contribution in [-0.2, 0) is 0 Å². The zero-order valence-corrected chi connectivity index (χ0v) is 45.6. The standard InChI is InChI=1S/4C12H27NO3/c4*1-10(2,9-14)13(7-11(3,4)15)8-12(5,6)16/h4*14-16H,7-9H2,1-6H3. The van der Waals surface area contributed by atoms with Crippen LogP contribution in [0.3, 0.4) is 0 Å². The van der Waals surface area contributed by atoms with Crippen molar-refractivity contribution in [3.63, 3.8) is 0 Å². The van der Waals surface area contributed by atoms with Crippen LogP contribution >= 0.6 is 0 Å². The minimum absolute atomic E-state index is 0.0147. The first-order chi connectivity index (χ1) is 27.5. The molecule has 0 heterocycles. The first kappa shape index (κ1) is 69.9. The molecule has 0 aliphatic rings. The summed E-state index contributed by atoms with van der Waals surface area (Å²) >= 11 is 0. The maximum atomic E-state index is 9.84. The lowest BCUT2D eigenvalue weighted by molar-refractivity contribution is -0.0591. The Bertz CT molecular complexity index is 981. The van der Waals surface area contributed by atoms with Crippen LogP contribution in [0.5, 0.6) is 0 Å². The van der Waals surface area contributed by atoms with Gasteiger partial charge in [-0.05, 0) is 166 Å². The van der Waals surface area contributed by atoms with Gasteiger partial charge in [0.1, 0.15) is 0 Å². The lowest BCUT2D eigenvalue weighted by Gasteiger charge is -2.43.